The minimum atomic E-state index is -1.05. The summed E-state index contributed by atoms with van der Waals surface area (Å²) in [6.07, 6.45) is 0.553. The Bertz CT molecular complexity index is 1300. The van der Waals surface area contributed by atoms with E-state index in [1.165, 1.54) is 17.2 Å². The van der Waals surface area contributed by atoms with Gasteiger partial charge in [0.1, 0.15) is 17.6 Å². The number of hydrogen-bond acceptors (Lipinski definition) is 10. The number of anilines is 1. The number of carboxylic acid groups (broad SMARTS) is 1. The molecule has 40 heavy (non-hydrogen) atoms. The number of nitrogens with one attached hydrogen (secondary N) is 2. The van der Waals surface area contributed by atoms with Gasteiger partial charge in [-0.3, -0.25) is 29.8 Å². The number of carboxylic acids is 1. The number of rotatable bonds is 12. The SMILES string of the molecule is CN=NN(C)CC1CN(c2ccc(-c3ccc(C4=NOC(CNC(=O)CNCC(=O)O)C4)nc3)c(F)c2)C(=O)O1. The average Bonchev–Trinajstić information content (AvgIpc) is 3.54. The Morgan fingerprint density at radius 3 is 2.77 bits per heavy atom. The fourth-order valence-electron chi connectivity index (χ4n) is 4.20. The van der Waals surface area contributed by atoms with Crippen LogP contribution in [0.1, 0.15) is 12.1 Å². The summed E-state index contributed by atoms with van der Waals surface area (Å²) >= 11 is 0. The number of halogens is 1. The van der Waals surface area contributed by atoms with Crippen molar-refractivity contribution in [2.45, 2.75) is 18.6 Å². The number of ether oxygens (including phenoxy) is 1. The number of cyclic esters (lactones) is 1. The number of carbonyl (C=O) groups is 3. The lowest BCUT2D eigenvalue weighted by atomic mass is 10.0. The fourth-order valence-corrected chi connectivity index (χ4v) is 4.20. The number of carbonyl (C=O) groups excluding carboxylic acids is 2. The van der Waals surface area contributed by atoms with Crippen molar-refractivity contribution in [2.24, 2.45) is 15.5 Å². The highest BCUT2D eigenvalue weighted by Gasteiger charge is 2.33. The van der Waals surface area contributed by atoms with Crippen LogP contribution in [0, 0.1) is 5.82 Å². The molecule has 3 heterocycles. The number of aromatic nitrogens is 1. The van der Waals surface area contributed by atoms with Crippen LogP contribution < -0.4 is 15.5 Å². The molecule has 3 N–H and O–H groups in total. The van der Waals surface area contributed by atoms with Gasteiger partial charge in [-0.05, 0) is 24.3 Å². The molecule has 15 heteroatoms. The van der Waals surface area contributed by atoms with Gasteiger partial charge in [0.25, 0.3) is 0 Å². The number of likely N-dealkylation sites (N-methyl/N-ethyl adjacent to an activating group) is 1. The molecule has 1 saturated heterocycles. The molecule has 1 aromatic carbocycles. The molecule has 0 bridgehead atoms. The van der Waals surface area contributed by atoms with E-state index in [2.05, 4.69) is 31.1 Å². The largest absolute Gasteiger partial charge is 0.480 e. The van der Waals surface area contributed by atoms with Crippen LogP contribution in [0.25, 0.3) is 11.1 Å². The van der Waals surface area contributed by atoms with Crippen LogP contribution in [0.2, 0.25) is 0 Å². The monoisotopic (exact) mass is 556 g/mol. The van der Waals surface area contributed by atoms with Gasteiger partial charge in [0.05, 0.1) is 51.2 Å². The molecule has 2 atom stereocenters. The van der Waals surface area contributed by atoms with Crippen LogP contribution in [0.5, 0.6) is 0 Å². The first-order valence-electron chi connectivity index (χ1n) is 12.4. The van der Waals surface area contributed by atoms with E-state index in [1.807, 2.05) is 0 Å². The molecule has 2 unspecified atom stereocenters. The van der Waals surface area contributed by atoms with Crippen LogP contribution in [-0.4, -0.2) is 97.8 Å². The lowest BCUT2D eigenvalue weighted by molar-refractivity contribution is -0.136. The summed E-state index contributed by atoms with van der Waals surface area (Å²) in [4.78, 5) is 45.7. The van der Waals surface area contributed by atoms with E-state index in [-0.39, 0.29) is 32.1 Å². The Morgan fingerprint density at radius 2 is 2.08 bits per heavy atom. The lowest BCUT2D eigenvalue weighted by Gasteiger charge is -2.16. The summed E-state index contributed by atoms with van der Waals surface area (Å²) in [6, 6.07) is 7.93. The first-order chi connectivity index (χ1) is 19.2. The second kappa shape index (κ2) is 12.9. The molecule has 1 aromatic heterocycles. The van der Waals surface area contributed by atoms with Crippen molar-refractivity contribution in [3.05, 3.63) is 48.0 Å². The molecule has 14 nitrogen and oxygen atoms in total. The quantitative estimate of drug-likeness (QED) is 0.258. The molecule has 1 fully saturated rings. The molecule has 0 saturated carbocycles. The topological polar surface area (TPSA) is 170 Å². The van der Waals surface area contributed by atoms with Gasteiger partial charge >= 0.3 is 12.1 Å². The Morgan fingerprint density at radius 1 is 1.25 bits per heavy atom. The molecular weight excluding hydrogens is 527 g/mol. The third kappa shape index (κ3) is 7.25. The van der Waals surface area contributed by atoms with Crippen molar-refractivity contribution >= 4 is 29.4 Å². The molecule has 0 radical (unpaired) electrons. The van der Waals surface area contributed by atoms with Crippen LogP contribution in [0.15, 0.2) is 52.0 Å². The predicted molar refractivity (Wildman–Crippen MR) is 140 cm³/mol. The van der Waals surface area contributed by atoms with Gasteiger partial charge in [-0.1, -0.05) is 16.4 Å². The molecule has 2 aliphatic heterocycles. The molecular formula is C25H29FN8O6. The summed E-state index contributed by atoms with van der Waals surface area (Å²) in [5.74, 6) is -1.93. The van der Waals surface area contributed by atoms with Gasteiger partial charge in [-0.2, -0.15) is 5.11 Å². The number of aliphatic carboxylic acids is 1. The van der Waals surface area contributed by atoms with Crippen LogP contribution in [0.3, 0.4) is 0 Å². The first kappa shape index (κ1) is 28.4. The zero-order valence-corrected chi connectivity index (χ0v) is 21.9. The number of benzene rings is 1. The average molecular weight is 557 g/mol. The maximum absolute atomic E-state index is 15.1. The van der Waals surface area contributed by atoms with Crippen molar-refractivity contribution in [1.82, 2.24) is 20.6 Å². The van der Waals surface area contributed by atoms with Crippen molar-refractivity contribution < 1.29 is 33.5 Å². The summed E-state index contributed by atoms with van der Waals surface area (Å²) in [5.41, 5.74) is 2.37. The van der Waals surface area contributed by atoms with E-state index < -0.39 is 30.1 Å². The van der Waals surface area contributed by atoms with Gasteiger partial charge in [0.15, 0.2) is 6.10 Å². The second-order valence-electron chi connectivity index (χ2n) is 9.11. The smallest absolute Gasteiger partial charge is 0.414 e. The predicted octanol–water partition coefficient (Wildman–Crippen LogP) is 1.43. The summed E-state index contributed by atoms with van der Waals surface area (Å²) in [6.45, 7) is 0.377. The Labute approximate surface area is 228 Å². The Balaban J connectivity index is 1.31. The number of pyridine rings is 1. The zero-order valence-electron chi connectivity index (χ0n) is 21.9. The zero-order chi connectivity index (χ0) is 28.6. The van der Waals surface area contributed by atoms with Crippen LogP contribution in [0.4, 0.5) is 14.9 Å². The molecule has 2 aromatic rings. The molecule has 0 spiro atoms. The second-order valence-corrected chi connectivity index (χ2v) is 9.11. The summed E-state index contributed by atoms with van der Waals surface area (Å²) < 4.78 is 20.5. The van der Waals surface area contributed by atoms with Crippen molar-refractivity contribution in [3.8, 4) is 11.1 Å². The van der Waals surface area contributed by atoms with Gasteiger partial charge in [0, 0.05) is 30.8 Å². The summed E-state index contributed by atoms with van der Waals surface area (Å²) in [5, 5.41) is 26.9. The number of oxime groups is 1. The van der Waals surface area contributed by atoms with Crippen LogP contribution in [-0.2, 0) is 19.2 Å². The van der Waals surface area contributed by atoms with Crippen LogP contribution >= 0.6 is 0 Å². The highest BCUT2D eigenvalue weighted by molar-refractivity contribution is 6.00. The minimum absolute atomic E-state index is 0.125. The van der Waals surface area contributed by atoms with E-state index in [9.17, 15) is 14.4 Å². The first-order valence-corrected chi connectivity index (χ1v) is 12.4. The third-order valence-corrected chi connectivity index (χ3v) is 6.04. The fraction of sp³-hybridized carbons (Fsp3) is 0.400. The lowest BCUT2D eigenvalue weighted by Crippen LogP contribution is -2.39. The van der Waals surface area contributed by atoms with Gasteiger partial charge < -0.3 is 20.0 Å². The molecule has 0 aliphatic carbocycles. The van der Waals surface area contributed by atoms with Crippen molar-refractivity contribution in [3.63, 3.8) is 0 Å². The maximum Gasteiger partial charge on any atom is 0.414 e. The van der Waals surface area contributed by atoms with E-state index in [1.54, 1.807) is 43.4 Å². The van der Waals surface area contributed by atoms with Gasteiger partial charge in [-0.15, -0.1) is 0 Å². The molecule has 2 aliphatic rings. The van der Waals surface area contributed by atoms with Gasteiger partial charge in [0.2, 0.25) is 5.91 Å². The van der Waals surface area contributed by atoms with Crippen molar-refractivity contribution in [2.75, 3.05) is 51.7 Å². The Hall–Kier alpha value is -4.66. The van der Waals surface area contributed by atoms with E-state index in [4.69, 9.17) is 14.7 Å². The maximum atomic E-state index is 15.1. The van der Waals surface area contributed by atoms with Gasteiger partial charge in [-0.25, -0.2) is 9.18 Å². The van der Waals surface area contributed by atoms with E-state index >= 15 is 4.39 Å². The normalized spacial score (nSPS) is 18.4. The third-order valence-electron chi connectivity index (χ3n) is 6.04. The van der Waals surface area contributed by atoms with E-state index in [0.29, 0.717) is 41.2 Å². The van der Waals surface area contributed by atoms with E-state index in [0.717, 1.165) is 0 Å². The minimum Gasteiger partial charge on any atom is -0.480 e. The number of amides is 2. The highest BCUT2D eigenvalue weighted by Crippen LogP contribution is 2.29. The summed E-state index contributed by atoms with van der Waals surface area (Å²) in [7, 11) is 3.26. The standard InChI is InChI=1S/C25H29FN8O6/c1-27-32-33(2)13-18-14-34(25(38)39-18)16-4-5-19(20(26)7-16)15-3-6-21(29-9-15)22-8-17(40-31-22)10-30-23(35)11-28-12-24(36)37/h3-7,9,17-18,28H,8,10-14H2,1-2H3,(H,30,35)(H,36,37). The highest BCUT2D eigenvalue weighted by atomic mass is 19.1. The molecule has 2 amide bonds. The molecule has 212 valence electrons. The molecule has 4 rings (SSSR count). The Kier molecular flexibility index (Phi) is 9.16. The number of hydrogen-bond donors (Lipinski definition) is 3. The van der Waals surface area contributed by atoms with Crippen molar-refractivity contribution in [1.29, 1.82) is 0 Å². The number of nitrogens with zero attached hydrogens (tertiary/aromatic N) is 6.